The molecule has 3 aromatic rings. The number of fused-ring (bicyclic) bond motifs is 7. The Morgan fingerprint density at radius 3 is 1.83 bits per heavy atom. The molecule has 0 aliphatic heterocycles. The van der Waals surface area contributed by atoms with Gasteiger partial charge >= 0.3 is 11.9 Å². The Morgan fingerprint density at radius 2 is 1.25 bits per heavy atom. The average Bonchev–Trinajstić information content (AvgIpc) is 3.30. The highest BCUT2D eigenvalue weighted by molar-refractivity contribution is 7.95. The van der Waals surface area contributed by atoms with Gasteiger partial charge in [0, 0.05) is 5.41 Å². The van der Waals surface area contributed by atoms with Gasteiger partial charge in [-0.2, -0.15) is 0 Å². The first-order valence-corrected chi connectivity index (χ1v) is 27.5. The molecule has 0 amide bonds. The zero-order valence-electron chi connectivity index (χ0n) is 40.0. The van der Waals surface area contributed by atoms with Crippen molar-refractivity contribution in [2.24, 2.45) is 56.7 Å². The fraction of sp³-hybridized carbons (Fsp3) is 0.607. The molecule has 0 heterocycles. The Balaban J connectivity index is 0.898. The third-order valence-electron chi connectivity index (χ3n) is 18.8. The minimum absolute atomic E-state index is 0.0182. The first kappa shape index (κ1) is 48.7. The van der Waals surface area contributed by atoms with Crippen molar-refractivity contribution in [1.82, 2.24) is 0 Å². The first-order chi connectivity index (χ1) is 31.1. The number of hydrogen-bond acceptors (Lipinski definition) is 6. The summed E-state index contributed by atoms with van der Waals surface area (Å²) >= 11 is 11.9. The van der Waals surface area contributed by atoms with E-state index in [9.17, 15) is 9.59 Å². The summed E-state index contributed by atoms with van der Waals surface area (Å²) in [5.41, 5.74) is 0.978. The molecule has 0 saturated heterocycles. The number of ether oxygens (including phenoxy) is 4. The second-order valence-corrected chi connectivity index (χ2v) is 26.5. The summed E-state index contributed by atoms with van der Waals surface area (Å²) in [6.07, 6.45) is 12.1. The smallest absolute Gasteiger partial charge is 0.339 e. The lowest BCUT2D eigenvalue weighted by Gasteiger charge is -2.71. The highest BCUT2D eigenvalue weighted by Crippen LogP contribution is 2.76. The molecule has 3 aromatic carbocycles. The molecule has 352 valence electrons. The normalized spacial score (nSPS) is 34.0. The minimum atomic E-state index is -1.96. The van der Waals surface area contributed by atoms with Crippen LogP contribution in [0.1, 0.15) is 106 Å². The molecule has 9 heteroatoms. The highest BCUT2D eigenvalue weighted by Gasteiger charge is 2.70. The molecule has 0 spiro atoms. The van der Waals surface area contributed by atoms with E-state index in [1.54, 1.807) is 0 Å². The molecule has 5 aliphatic carbocycles. The zero-order chi connectivity index (χ0) is 46.3. The van der Waals surface area contributed by atoms with Crippen molar-refractivity contribution in [3.8, 4) is 0 Å². The number of halogens is 2. The second-order valence-electron chi connectivity index (χ2n) is 21.8. The quantitative estimate of drug-likeness (QED) is 0.0497. The van der Waals surface area contributed by atoms with Gasteiger partial charge in [0.15, 0.2) is 0 Å². The van der Waals surface area contributed by atoms with E-state index in [0.717, 1.165) is 63.9 Å². The molecule has 5 aliphatic rings. The maximum Gasteiger partial charge on any atom is 0.339 e. The maximum atomic E-state index is 14.6. The number of hydrogen-bond donors (Lipinski definition) is 0. The molecule has 0 aromatic heterocycles. The molecule has 10 atom stereocenters. The Kier molecular flexibility index (Phi) is 14.5. The number of alkyl halides is 2. The summed E-state index contributed by atoms with van der Waals surface area (Å²) in [5, 5.41) is 4.05. The van der Waals surface area contributed by atoms with Crippen molar-refractivity contribution in [2.75, 3.05) is 39.2 Å². The van der Waals surface area contributed by atoms with Crippen molar-refractivity contribution in [3.63, 3.8) is 0 Å². The molecule has 4 fully saturated rings. The van der Waals surface area contributed by atoms with Gasteiger partial charge in [-0.25, -0.2) is 4.79 Å². The predicted molar refractivity (Wildman–Crippen MR) is 267 cm³/mol. The lowest BCUT2D eigenvalue weighted by molar-refractivity contribution is -0.214. The summed E-state index contributed by atoms with van der Waals surface area (Å²) in [6.45, 7) is 19.2. The molecule has 8 rings (SSSR count). The van der Waals surface area contributed by atoms with E-state index in [1.165, 1.54) is 21.5 Å². The topological polar surface area (TPSA) is 71.1 Å². The summed E-state index contributed by atoms with van der Waals surface area (Å²) in [6, 6.07) is 32.7. The third kappa shape index (κ3) is 8.48. The van der Waals surface area contributed by atoms with Gasteiger partial charge < -0.3 is 18.9 Å². The molecular weight excluding hydrogens is 870 g/mol. The molecule has 0 N–H and O–H groups in total. The number of carbonyl (C=O) groups is 2. The van der Waals surface area contributed by atoms with Gasteiger partial charge in [-0.15, -0.1) is 0 Å². The fourth-order valence-electron chi connectivity index (χ4n) is 15.0. The number of rotatable bonds is 15. The van der Waals surface area contributed by atoms with E-state index < -0.39 is 23.5 Å². The average molecular weight is 945 g/mol. The van der Waals surface area contributed by atoms with Crippen LogP contribution >= 0.6 is 30.5 Å². The van der Waals surface area contributed by atoms with Gasteiger partial charge in [0.2, 0.25) is 4.84 Å². The van der Waals surface area contributed by atoms with Crippen molar-refractivity contribution in [3.05, 3.63) is 103 Å². The Bertz CT molecular complexity index is 2050. The van der Waals surface area contributed by atoms with E-state index in [4.69, 9.17) is 42.1 Å². The monoisotopic (exact) mass is 943 g/mol. The summed E-state index contributed by atoms with van der Waals surface area (Å²) in [4.78, 5) is 26.1. The molecule has 0 unspecified atom stereocenters. The molecule has 6 nitrogen and oxygen atoms in total. The predicted octanol–water partition coefficient (Wildman–Crippen LogP) is 11.9. The standard InChI is InChI=1S/C56H74Cl2O6P/c1-39-25-30-56(51(60)63-36-35-61-33-34-62-37-38-65(41-17-11-8-12-18-41,42-19-13-9-14-20-42)43-21-15-10-16-22-43)32-31-54(6)44(48(56)40(39)2)23-24-46-53(5)28-27-47(64-50(59)49(57)58)52(3,4)45(53)26-29-55(46,54)7/h8-23,39-40,45-49H,24-38H2,1-7H3/q+1/t39-,40+,45+,46-,47+,48+,53+,54-,55-,56+/m1/s1. The summed E-state index contributed by atoms with van der Waals surface area (Å²) in [7, 11) is -1.96. The second kappa shape index (κ2) is 19.3. The SMILES string of the molecule is C[C@H]1[C@H](C)CC[C@]2(C(=O)OCCOCCOCC[P+](c3ccccc3)(c3ccccc3)c3ccccc3)CC[C@]3(C)C(=CC[C@@H]4[C@@]5(C)CC[C@H](OC(=O)C(Cl)Cl)C(C)(C)[C@@H]5CC[C@]43C)[C@H]12. The van der Waals surface area contributed by atoms with Crippen LogP contribution in [0.25, 0.3) is 0 Å². The van der Waals surface area contributed by atoms with Crippen LogP contribution in [0.3, 0.4) is 0 Å². The fourth-order valence-corrected chi connectivity index (χ4v) is 19.2. The highest BCUT2D eigenvalue weighted by atomic mass is 35.5. The van der Waals surface area contributed by atoms with Gasteiger partial charge in [-0.1, -0.05) is 138 Å². The Hall–Kier alpha value is -2.73. The summed E-state index contributed by atoms with van der Waals surface area (Å²) < 4.78 is 24.6. The van der Waals surface area contributed by atoms with Gasteiger partial charge in [-0.3, -0.25) is 4.79 Å². The van der Waals surface area contributed by atoms with Crippen molar-refractivity contribution in [2.45, 2.75) is 117 Å². The third-order valence-corrected chi connectivity index (χ3v) is 23.5. The number of benzene rings is 3. The minimum Gasteiger partial charge on any atom is -0.463 e. The van der Waals surface area contributed by atoms with Crippen LogP contribution in [0.5, 0.6) is 0 Å². The van der Waals surface area contributed by atoms with Gasteiger partial charge in [0.25, 0.3) is 0 Å². The van der Waals surface area contributed by atoms with Crippen molar-refractivity contribution >= 4 is 58.3 Å². The largest absolute Gasteiger partial charge is 0.463 e. The number of esters is 2. The van der Waals surface area contributed by atoms with Crippen LogP contribution in [0.15, 0.2) is 103 Å². The zero-order valence-corrected chi connectivity index (χ0v) is 42.4. The van der Waals surface area contributed by atoms with Gasteiger partial charge in [0.1, 0.15) is 35.9 Å². The van der Waals surface area contributed by atoms with E-state index >= 15 is 0 Å². The van der Waals surface area contributed by atoms with Crippen LogP contribution in [0, 0.1) is 56.7 Å². The molecular formula is C56H74Cl2O6P+. The molecule has 4 saturated carbocycles. The van der Waals surface area contributed by atoms with E-state index in [-0.39, 0.29) is 46.3 Å². The molecule has 0 bridgehead atoms. The maximum absolute atomic E-state index is 14.6. The first-order valence-electron chi connectivity index (χ1n) is 24.6. The van der Waals surface area contributed by atoms with Crippen LogP contribution in [0.4, 0.5) is 0 Å². The van der Waals surface area contributed by atoms with E-state index in [1.807, 2.05) is 0 Å². The van der Waals surface area contributed by atoms with E-state index in [2.05, 4.69) is 146 Å². The lowest BCUT2D eigenvalue weighted by atomic mass is 9.33. The van der Waals surface area contributed by atoms with Crippen LogP contribution < -0.4 is 15.9 Å². The number of allylic oxidation sites excluding steroid dienone is 2. The van der Waals surface area contributed by atoms with E-state index in [0.29, 0.717) is 50.1 Å². The van der Waals surface area contributed by atoms with Crippen LogP contribution in [-0.2, 0) is 28.5 Å². The lowest BCUT2D eigenvalue weighted by Crippen LogP contribution is -2.65. The Morgan fingerprint density at radius 1 is 0.677 bits per heavy atom. The molecule has 0 radical (unpaired) electrons. The van der Waals surface area contributed by atoms with Crippen LogP contribution in [-0.4, -0.2) is 62.1 Å². The Labute approximate surface area is 400 Å². The van der Waals surface area contributed by atoms with Gasteiger partial charge in [0.05, 0.1) is 38.0 Å². The van der Waals surface area contributed by atoms with Crippen molar-refractivity contribution in [1.29, 1.82) is 0 Å². The number of carbonyl (C=O) groups excluding carboxylic acids is 2. The van der Waals surface area contributed by atoms with Crippen molar-refractivity contribution < 1.29 is 28.5 Å². The van der Waals surface area contributed by atoms with Gasteiger partial charge in [-0.05, 0) is 140 Å². The summed E-state index contributed by atoms with van der Waals surface area (Å²) in [5.74, 6) is 1.41. The molecule has 65 heavy (non-hydrogen) atoms. The van der Waals surface area contributed by atoms with Crippen LogP contribution in [0.2, 0.25) is 0 Å².